The maximum absolute atomic E-state index is 14.8. The number of ketones is 2. The first-order chi connectivity index (χ1) is 28.3. The standard InChI is InChI=1S/C49H51N3O6/c53-34-8-4-5-29(24-34)11-13-35(54)26-41-39-17-19-50-44(39)28-42-43-16-15-38(40-18-20-51-49(40)52-43)32-7-3-6-30(21-32)22-33-23-31(12-14-36(55)27-45(56)47(41)42)25-46(48(33)57)58-37-9-1-2-10-37/h3-8,17-21,23-25,28,35,37-38,41,43,47,51,53-54,57H,1-2,9-16,22,26-27H2/q-2/t35-,38+,41-,43+,47+/m1/s1. The Hall–Kier alpha value is -5.54. The summed E-state index contributed by atoms with van der Waals surface area (Å²) in [5.74, 6) is 0.231. The van der Waals surface area contributed by atoms with Crippen LogP contribution < -0.4 is 9.72 Å². The molecular formula is C49H51N3O6-2. The van der Waals surface area contributed by atoms with Gasteiger partial charge in [-0.3, -0.25) is 9.59 Å². The SMILES string of the molecule is O=C1CCc2cc(c(O)c(OC3CCCC3)c2)Cc2cccc(c2)[C@@H]2CC[C@H]([N-]c3[nH]ccc32)C2=Cc3[n-]ccc3[C@@H](C[C@H](O)CCc3cccc(O)c3)[C@@H]2C(=O)C1. The fourth-order valence-corrected chi connectivity index (χ4v) is 10.0. The first-order valence-electron chi connectivity index (χ1n) is 21.1. The van der Waals surface area contributed by atoms with E-state index in [1.807, 2.05) is 36.5 Å². The highest BCUT2D eigenvalue weighted by Crippen LogP contribution is 2.50. The Morgan fingerprint density at radius 2 is 1.72 bits per heavy atom. The molecule has 0 saturated heterocycles. The van der Waals surface area contributed by atoms with E-state index in [1.54, 1.807) is 24.4 Å². The third-order valence-electron chi connectivity index (χ3n) is 12.9. The van der Waals surface area contributed by atoms with Crippen molar-refractivity contribution in [2.45, 2.75) is 114 Å². The van der Waals surface area contributed by atoms with Crippen LogP contribution in [0.3, 0.4) is 0 Å². The number of benzene rings is 3. The number of hydrogen-bond acceptors (Lipinski definition) is 6. The fraction of sp³-hybridized carbons (Fsp3) is 0.388. The summed E-state index contributed by atoms with van der Waals surface area (Å²) in [6, 6.07) is 23.2. The van der Waals surface area contributed by atoms with Crippen LogP contribution in [0.4, 0.5) is 5.82 Å². The minimum Gasteiger partial charge on any atom is -0.664 e. The van der Waals surface area contributed by atoms with Gasteiger partial charge in [0.1, 0.15) is 17.3 Å². The minimum atomic E-state index is -0.743. The highest BCUT2D eigenvalue weighted by atomic mass is 16.5. The molecule has 9 nitrogen and oxygen atoms in total. The van der Waals surface area contributed by atoms with Crippen LogP contribution in [-0.2, 0) is 28.9 Å². The molecule has 6 bridgehead atoms. The lowest BCUT2D eigenvalue weighted by Crippen LogP contribution is -2.35. The molecule has 9 rings (SSSR count). The number of H-pyrrole nitrogens is 1. The zero-order chi connectivity index (χ0) is 39.8. The number of fused-ring (bicyclic) bond motifs is 13. The molecule has 0 spiro atoms. The number of aromatic nitrogens is 2. The minimum absolute atomic E-state index is 0.0394. The summed E-state index contributed by atoms with van der Waals surface area (Å²) >= 11 is 0. The normalized spacial score (nSPS) is 22.7. The van der Waals surface area contributed by atoms with Crippen molar-refractivity contribution in [3.05, 3.63) is 141 Å². The number of nitrogens with one attached hydrogen (secondary N) is 1. The van der Waals surface area contributed by atoms with Gasteiger partial charge in [0.2, 0.25) is 0 Å². The number of ether oxygens (including phenoxy) is 1. The molecule has 0 unspecified atom stereocenters. The van der Waals surface area contributed by atoms with Crippen molar-refractivity contribution in [3.8, 4) is 17.2 Å². The second kappa shape index (κ2) is 16.4. The van der Waals surface area contributed by atoms with Crippen LogP contribution in [0, 0.1) is 5.92 Å². The fourth-order valence-electron chi connectivity index (χ4n) is 10.0. The van der Waals surface area contributed by atoms with Crippen LogP contribution in [0.5, 0.6) is 17.2 Å². The van der Waals surface area contributed by atoms with Gasteiger partial charge < -0.3 is 35.3 Å². The zero-order valence-electron chi connectivity index (χ0n) is 32.8. The van der Waals surface area contributed by atoms with Crippen molar-refractivity contribution < 1.29 is 29.6 Å². The van der Waals surface area contributed by atoms with Gasteiger partial charge in [0.25, 0.3) is 0 Å². The van der Waals surface area contributed by atoms with Gasteiger partial charge in [0.05, 0.1) is 18.6 Å². The van der Waals surface area contributed by atoms with Crippen molar-refractivity contribution in [1.82, 2.24) is 9.97 Å². The van der Waals surface area contributed by atoms with Gasteiger partial charge in [-0.1, -0.05) is 83.8 Å². The predicted octanol–water partition coefficient (Wildman–Crippen LogP) is 9.25. The second-order valence-corrected chi connectivity index (χ2v) is 16.9. The van der Waals surface area contributed by atoms with Crippen molar-refractivity contribution in [1.29, 1.82) is 0 Å². The lowest BCUT2D eigenvalue weighted by atomic mass is 9.68. The van der Waals surface area contributed by atoms with E-state index in [2.05, 4.69) is 35.3 Å². The Kier molecular flexibility index (Phi) is 10.7. The molecule has 1 saturated carbocycles. The van der Waals surface area contributed by atoms with E-state index >= 15 is 0 Å². The van der Waals surface area contributed by atoms with Gasteiger partial charge in [0.15, 0.2) is 11.5 Å². The molecule has 1 fully saturated rings. The Morgan fingerprint density at radius 3 is 2.59 bits per heavy atom. The maximum Gasteiger partial charge on any atom is 0.161 e. The second-order valence-electron chi connectivity index (χ2n) is 16.9. The Morgan fingerprint density at radius 1 is 0.862 bits per heavy atom. The number of phenols is 2. The van der Waals surface area contributed by atoms with Gasteiger partial charge >= 0.3 is 0 Å². The maximum atomic E-state index is 14.8. The van der Waals surface area contributed by atoms with Gasteiger partial charge in [0, 0.05) is 30.2 Å². The molecule has 2 aromatic heterocycles. The van der Waals surface area contributed by atoms with Gasteiger partial charge in [-0.15, -0.1) is 5.69 Å². The summed E-state index contributed by atoms with van der Waals surface area (Å²) in [5.41, 5.74) is 8.44. The summed E-state index contributed by atoms with van der Waals surface area (Å²) in [6.07, 6.45) is 12.8. The molecular weight excluding hydrogens is 727 g/mol. The number of aliphatic hydroxyl groups is 1. The topological polar surface area (TPSA) is 148 Å². The summed E-state index contributed by atoms with van der Waals surface area (Å²) in [5, 5.41) is 38.6. The average molecular weight is 778 g/mol. The predicted molar refractivity (Wildman–Crippen MR) is 223 cm³/mol. The summed E-state index contributed by atoms with van der Waals surface area (Å²) in [6.45, 7) is 0. The highest BCUT2D eigenvalue weighted by Gasteiger charge is 2.40. The van der Waals surface area contributed by atoms with Crippen molar-refractivity contribution in [2.24, 2.45) is 5.92 Å². The van der Waals surface area contributed by atoms with E-state index in [4.69, 9.17) is 15.0 Å². The average Bonchev–Trinajstić information content (AvgIpc) is 3.99. The summed E-state index contributed by atoms with van der Waals surface area (Å²) < 4.78 is 6.41. The number of nitrogens with zero attached hydrogens (tertiary/aromatic N) is 2. The van der Waals surface area contributed by atoms with E-state index in [9.17, 15) is 24.9 Å². The number of rotatable bonds is 7. The van der Waals surface area contributed by atoms with Gasteiger partial charge in [-0.25, -0.2) is 0 Å². The Bertz CT molecular complexity index is 2330. The number of aliphatic hydroxyl groups excluding tert-OH is 1. The number of aryl methyl sites for hydroxylation is 2. The van der Waals surface area contributed by atoms with E-state index in [0.29, 0.717) is 44.3 Å². The molecule has 5 atom stereocenters. The molecule has 58 heavy (non-hydrogen) atoms. The third kappa shape index (κ3) is 7.97. The van der Waals surface area contributed by atoms with E-state index in [1.165, 1.54) is 0 Å². The molecule has 3 aliphatic carbocycles. The van der Waals surface area contributed by atoms with Crippen LogP contribution in [0.2, 0.25) is 0 Å². The highest BCUT2D eigenvalue weighted by molar-refractivity contribution is 6.02. The molecule has 1 aliphatic heterocycles. The number of phenolic OH excluding ortho intramolecular Hbond substituents is 2. The Balaban J connectivity index is 1.09. The van der Waals surface area contributed by atoms with E-state index < -0.39 is 17.9 Å². The van der Waals surface area contributed by atoms with E-state index in [0.717, 1.165) is 88.1 Å². The molecule has 4 N–H and O–H groups in total. The molecule has 5 aromatic rings. The van der Waals surface area contributed by atoms with Crippen LogP contribution >= 0.6 is 0 Å². The smallest absolute Gasteiger partial charge is 0.161 e. The summed E-state index contributed by atoms with van der Waals surface area (Å²) in [4.78, 5) is 36.9. The number of Topliss-reactive ketones (excluding diaryl/α,β-unsaturated/α-hetero) is 2. The monoisotopic (exact) mass is 777 g/mol. The molecule has 9 heteroatoms. The summed E-state index contributed by atoms with van der Waals surface area (Å²) in [7, 11) is 0. The number of hydrogen-bond donors (Lipinski definition) is 4. The quantitative estimate of drug-likeness (QED) is 0.120. The van der Waals surface area contributed by atoms with Gasteiger partial charge in [-0.2, -0.15) is 6.20 Å². The van der Waals surface area contributed by atoms with Crippen LogP contribution in [0.15, 0.2) is 90.8 Å². The van der Waals surface area contributed by atoms with Crippen molar-refractivity contribution in [3.63, 3.8) is 0 Å². The number of carbonyl (C=O) groups excluding carboxylic acids is 2. The Labute approximate surface area is 339 Å². The molecule has 0 amide bonds. The van der Waals surface area contributed by atoms with Crippen LogP contribution in [0.25, 0.3) is 11.4 Å². The molecule has 300 valence electrons. The first-order valence-corrected chi connectivity index (χ1v) is 21.1. The number of carbonyl (C=O) groups is 2. The lowest BCUT2D eigenvalue weighted by molar-refractivity contribution is -0.129. The zero-order valence-corrected chi connectivity index (χ0v) is 32.8. The lowest BCUT2D eigenvalue weighted by Gasteiger charge is -2.40. The van der Waals surface area contributed by atoms with Crippen molar-refractivity contribution >= 4 is 23.5 Å². The van der Waals surface area contributed by atoms with Crippen LogP contribution in [0.1, 0.15) is 121 Å². The van der Waals surface area contributed by atoms with Gasteiger partial charge in [-0.05, 0) is 122 Å². The number of aromatic hydroxyl groups is 2. The van der Waals surface area contributed by atoms with E-state index in [-0.39, 0.29) is 54.0 Å². The van der Waals surface area contributed by atoms with Crippen molar-refractivity contribution in [2.75, 3.05) is 0 Å². The third-order valence-corrected chi connectivity index (χ3v) is 12.9. The molecule has 0 radical (unpaired) electrons. The largest absolute Gasteiger partial charge is 0.664 e. The molecule has 3 heterocycles. The number of aromatic amines is 1. The first kappa shape index (κ1) is 38.0. The van der Waals surface area contributed by atoms with Crippen LogP contribution in [-0.4, -0.2) is 50.1 Å². The molecule has 3 aromatic carbocycles. The molecule has 4 aliphatic rings.